The number of carboxylic acids is 1. The molecule has 1 fully saturated rings. The second kappa shape index (κ2) is 10.6. The van der Waals surface area contributed by atoms with Crippen molar-refractivity contribution < 1.29 is 19.4 Å². The standard InChI is InChI=1S/C24H36O4/c1-23(2,17-22(26)27)12-5-3-8-20-10-7-11-21(16-20)9-4-6-13-24(14-15-24)18-28-19-25/h7,10-11,16,19H,3-6,8-9,12-15,17-18H2,1-2H3,(H,26,27). The van der Waals surface area contributed by atoms with Crippen molar-refractivity contribution in [2.75, 3.05) is 6.61 Å². The first-order valence-corrected chi connectivity index (χ1v) is 10.7. The van der Waals surface area contributed by atoms with Crippen LogP contribution < -0.4 is 0 Å². The van der Waals surface area contributed by atoms with Crippen molar-refractivity contribution in [3.63, 3.8) is 0 Å². The van der Waals surface area contributed by atoms with Gasteiger partial charge in [-0.25, -0.2) is 0 Å². The lowest BCUT2D eigenvalue weighted by Crippen LogP contribution is -2.16. The number of aryl methyl sites for hydroxylation is 2. The number of rotatable bonds is 15. The fourth-order valence-corrected chi connectivity index (χ4v) is 4.05. The van der Waals surface area contributed by atoms with Gasteiger partial charge in [-0.2, -0.15) is 0 Å². The molecule has 0 bridgehead atoms. The predicted molar refractivity (Wildman–Crippen MR) is 111 cm³/mol. The molecular formula is C24H36O4. The molecule has 0 aromatic heterocycles. The summed E-state index contributed by atoms with van der Waals surface area (Å²) in [5.41, 5.74) is 2.95. The van der Waals surface area contributed by atoms with Gasteiger partial charge in [0.15, 0.2) is 0 Å². The minimum Gasteiger partial charge on any atom is -0.481 e. The number of carbonyl (C=O) groups is 2. The van der Waals surface area contributed by atoms with E-state index >= 15 is 0 Å². The van der Waals surface area contributed by atoms with Crippen LogP contribution in [0, 0.1) is 10.8 Å². The Balaban J connectivity index is 1.65. The van der Waals surface area contributed by atoms with E-state index in [4.69, 9.17) is 9.84 Å². The van der Waals surface area contributed by atoms with Crippen molar-refractivity contribution in [1.82, 2.24) is 0 Å². The normalized spacial score (nSPS) is 15.2. The Morgan fingerprint density at radius 3 is 2.36 bits per heavy atom. The van der Waals surface area contributed by atoms with E-state index in [1.807, 2.05) is 13.8 Å². The van der Waals surface area contributed by atoms with Crippen LogP contribution in [0.1, 0.15) is 82.8 Å². The zero-order valence-corrected chi connectivity index (χ0v) is 17.5. The second-order valence-electron chi connectivity index (χ2n) is 9.38. The average Bonchev–Trinajstić information content (AvgIpc) is 3.40. The van der Waals surface area contributed by atoms with Crippen molar-refractivity contribution >= 4 is 12.4 Å². The molecule has 156 valence electrons. The van der Waals surface area contributed by atoms with Crippen molar-refractivity contribution in [2.45, 2.75) is 84.5 Å². The van der Waals surface area contributed by atoms with Crippen LogP contribution in [0.15, 0.2) is 24.3 Å². The highest BCUT2D eigenvalue weighted by molar-refractivity contribution is 5.67. The van der Waals surface area contributed by atoms with E-state index in [9.17, 15) is 9.59 Å². The second-order valence-corrected chi connectivity index (χ2v) is 9.38. The molecule has 0 spiro atoms. The quantitative estimate of drug-likeness (QED) is 0.315. The third-order valence-electron chi connectivity index (χ3n) is 6.03. The Bertz CT molecular complexity index is 631. The summed E-state index contributed by atoms with van der Waals surface area (Å²) in [5.74, 6) is -0.707. The highest BCUT2D eigenvalue weighted by Crippen LogP contribution is 2.50. The molecule has 0 heterocycles. The number of hydrogen-bond acceptors (Lipinski definition) is 3. The van der Waals surface area contributed by atoms with Crippen LogP contribution in [0.5, 0.6) is 0 Å². The number of carboxylic acid groups (broad SMARTS) is 1. The molecule has 1 aromatic rings. The number of ether oxygens (including phenoxy) is 1. The number of carbonyl (C=O) groups excluding carboxylic acids is 1. The highest BCUT2D eigenvalue weighted by Gasteiger charge is 2.42. The van der Waals surface area contributed by atoms with Crippen LogP contribution in [0.2, 0.25) is 0 Å². The van der Waals surface area contributed by atoms with Crippen LogP contribution in [-0.4, -0.2) is 24.2 Å². The first kappa shape index (κ1) is 22.4. The molecule has 0 radical (unpaired) electrons. The number of aliphatic carboxylic acids is 1. The van der Waals surface area contributed by atoms with E-state index in [0.29, 0.717) is 13.1 Å². The van der Waals surface area contributed by atoms with Crippen LogP contribution >= 0.6 is 0 Å². The Morgan fingerprint density at radius 2 is 1.79 bits per heavy atom. The summed E-state index contributed by atoms with van der Waals surface area (Å²) in [4.78, 5) is 21.3. The summed E-state index contributed by atoms with van der Waals surface area (Å²) >= 11 is 0. The maximum Gasteiger partial charge on any atom is 0.303 e. The molecule has 0 saturated heterocycles. The fourth-order valence-electron chi connectivity index (χ4n) is 4.05. The van der Waals surface area contributed by atoms with Gasteiger partial charge in [-0.3, -0.25) is 9.59 Å². The molecule has 28 heavy (non-hydrogen) atoms. The topological polar surface area (TPSA) is 63.6 Å². The van der Waals surface area contributed by atoms with Gasteiger partial charge >= 0.3 is 5.97 Å². The molecule has 4 heteroatoms. The molecule has 2 rings (SSSR count). The molecule has 1 aliphatic carbocycles. The van der Waals surface area contributed by atoms with E-state index in [0.717, 1.165) is 38.5 Å². The molecule has 0 unspecified atom stereocenters. The summed E-state index contributed by atoms with van der Waals surface area (Å²) in [6, 6.07) is 8.88. The Hall–Kier alpha value is -1.84. The molecule has 0 aliphatic heterocycles. The van der Waals surface area contributed by atoms with Crippen LogP contribution in [0.3, 0.4) is 0 Å². The first-order valence-electron chi connectivity index (χ1n) is 10.7. The van der Waals surface area contributed by atoms with E-state index in [2.05, 4.69) is 24.3 Å². The minimum absolute atomic E-state index is 0.122. The Morgan fingerprint density at radius 1 is 1.14 bits per heavy atom. The van der Waals surface area contributed by atoms with Crippen molar-refractivity contribution in [2.24, 2.45) is 10.8 Å². The molecule has 1 N–H and O–H groups in total. The van der Waals surface area contributed by atoms with Gasteiger partial charge in [0.25, 0.3) is 6.47 Å². The number of benzene rings is 1. The smallest absolute Gasteiger partial charge is 0.303 e. The van der Waals surface area contributed by atoms with Crippen LogP contribution in [0.4, 0.5) is 0 Å². The van der Waals surface area contributed by atoms with E-state index in [1.165, 1.54) is 36.8 Å². The largest absolute Gasteiger partial charge is 0.481 e. The monoisotopic (exact) mass is 388 g/mol. The van der Waals surface area contributed by atoms with Gasteiger partial charge in [-0.1, -0.05) is 51.0 Å². The van der Waals surface area contributed by atoms with Gasteiger partial charge in [0.1, 0.15) is 0 Å². The van der Waals surface area contributed by atoms with Gasteiger partial charge in [-0.15, -0.1) is 0 Å². The first-order chi connectivity index (χ1) is 13.3. The van der Waals surface area contributed by atoms with Crippen molar-refractivity contribution in [1.29, 1.82) is 0 Å². The lowest BCUT2D eigenvalue weighted by molar-refractivity contribution is -0.139. The average molecular weight is 389 g/mol. The van der Waals surface area contributed by atoms with E-state index in [-0.39, 0.29) is 17.3 Å². The molecule has 1 saturated carbocycles. The molecule has 4 nitrogen and oxygen atoms in total. The molecule has 0 amide bonds. The lowest BCUT2D eigenvalue weighted by Gasteiger charge is -2.22. The van der Waals surface area contributed by atoms with Crippen molar-refractivity contribution in [3.8, 4) is 0 Å². The SMILES string of the molecule is CC(C)(CCCCc1cccc(CCCCC2(COC=O)CC2)c1)CC(=O)O. The summed E-state index contributed by atoms with van der Waals surface area (Å²) in [6.45, 7) is 5.24. The van der Waals surface area contributed by atoms with Crippen LogP contribution in [-0.2, 0) is 27.2 Å². The minimum atomic E-state index is -0.707. The summed E-state index contributed by atoms with van der Waals surface area (Å²) in [7, 11) is 0. The summed E-state index contributed by atoms with van der Waals surface area (Å²) in [5, 5.41) is 8.97. The van der Waals surface area contributed by atoms with Gasteiger partial charge in [0, 0.05) is 5.41 Å². The van der Waals surface area contributed by atoms with Gasteiger partial charge in [0.2, 0.25) is 0 Å². The molecular weight excluding hydrogens is 352 g/mol. The number of hydrogen-bond donors (Lipinski definition) is 1. The summed E-state index contributed by atoms with van der Waals surface area (Å²) < 4.78 is 4.97. The maximum atomic E-state index is 10.9. The van der Waals surface area contributed by atoms with Crippen LogP contribution in [0.25, 0.3) is 0 Å². The maximum absolute atomic E-state index is 10.9. The molecule has 0 atom stereocenters. The number of unbranched alkanes of at least 4 members (excludes halogenated alkanes) is 2. The molecule has 1 aliphatic rings. The zero-order valence-electron chi connectivity index (χ0n) is 17.5. The third kappa shape index (κ3) is 8.45. The zero-order chi connectivity index (χ0) is 20.5. The lowest BCUT2D eigenvalue weighted by atomic mass is 9.83. The van der Waals surface area contributed by atoms with Crippen molar-refractivity contribution in [3.05, 3.63) is 35.4 Å². The fraction of sp³-hybridized carbons (Fsp3) is 0.667. The van der Waals surface area contributed by atoms with Gasteiger partial charge in [-0.05, 0) is 67.9 Å². The molecule has 1 aromatic carbocycles. The predicted octanol–water partition coefficient (Wildman–Crippen LogP) is 5.57. The highest BCUT2D eigenvalue weighted by atomic mass is 16.5. The summed E-state index contributed by atoms with van der Waals surface area (Å²) in [6.07, 6.45) is 11.4. The third-order valence-corrected chi connectivity index (χ3v) is 6.03. The Labute approximate surface area is 169 Å². The van der Waals surface area contributed by atoms with E-state index in [1.54, 1.807) is 0 Å². The van der Waals surface area contributed by atoms with E-state index < -0.39 is 5.97 Å². The Kier molecular flexibility index (Phi) is 8.53. The van der Waals surface area contributed by atoms with Gasteiger partial charge < -0.3 is 9.84 Å². The van der Waals surface area contributed by atoms with Gasteiger partial charge in [0.05, 0.1) is 13.0 Å².